The molecular weight excluding hydrogens is 224 g/mol. The van der Waals surface area contributed by atoms with E-state index in [4.69, 9.17) is 4.74 Å². The quantitative estimate of drug-likeness (QED) is 0.814. The van der Waals surface area contributed by atoms with Gasteiger partial charge in [0.2, 0.25) is 0 Å². The molecule has 3 atom stereocenters. The molecule has 2 aliphatic heterocycles. The molecule has 0 spiro atoms. The van der Waals surface area contributed by atoms with Crippen LogP contribution < -0.4 is 5.32 Å². The fourth-order valence-electron chi connectivity index (χ4n) is 3.85. The lowest BCUT2D eigenvalue weighted by Gasteiger charge is -2.44. The van der Waals surface area contributed by atoms with Crippen LogP contribution in [-0.2, 0) is 4.74 Å². The van der Waals surface area contributed by atoms with Crippen molar-refractivity contribution < 1.29 is 4.74 Å². The number of hydrogen-bond donors (Lipinski definition) is 1. The average Bonchev–Trinajstić information content (AvgIpc) is 3.12. The van der Waals surface area contributed by atoms with Gasteiger partial charge in [-0.15, -0.1) is 0 Å². The normalized spacial score (nSPS) is 47.2. The van der Waals surface area contributed by atoms with Crippen LogP contribution in [-0.4, -0.2) is 48.3 Å². The molecular formula is C15H28N2O. The predicted molar refractivity (Wildman–Crippen MR) is 73.8 cm³/mol. The number of hydrogen-bond acceptors (Lipinski definition) is 3. The van der Waals surface area contributed by atoms with Gasteiger partial charge in [-0.05, 0) is 58.9 Å². The molecule has 3 aliphatic rings. The lowest BCUT2D eigenvalue weighted by Crippen LogP contribution is -2.58. The highest BCUT2D eigenvalue weighted by molar-refractivity contribution is 5.05. The van der Waals surface area contributed by atoms with Crippen LogP contribution in [0.25, 0.3) is 0 Å². The standard InChI is InChI=1S/C15H28N2O/c1-12-15(3,7-10-18-12)17-9-4-8-16-14(2,11-17)13-5-6-13/h12-13,16H,4-11H2,1-3H3. The summed E-state index contributed by atoms with van der Waals surface area (Å²) in [6.07, 6.45) is 5.67. The van der Waals surface area contributed by atoms with Crippen LogP contribution in [0.2, 0.25) is 0 Å². The summed E-state index contributed by atoms with van der Waals surface area (Å²) in [5.41, 5.74) is 0.587. The Labute approximate surface area is 111 Å². The van der Waals surface area contributed by atoms with Crippen molar-refractivity contribution in [1.29, 1.82) is 0 Å². The van der Waals surface area contributed by atoms with Crippen molar-refractivity contribution in [2.75, 3.05) is 26.2 Å². The Morgan fingerprint density at radius 3 is 2.67 bits per heavy atom. The molecule has 104 valence electrons. The van der Waals surface area contributed by atoms with Gasteiger partial charge in [0, 0.05) is 30.8 Å². The first-order valence-corrected chi connectivity index (χ1v) is 7.66. The van der Waals surface area contributed by atoms with Crippen LogP contribution in [0.1, 0.15) is 46.5 Å². The molecule has 1 saturated carbocycles. The van der Waals surface area contributed by atoms with E-state index in [-0.39, 0.29) is 5.54 Å². The fraction of sp³-hybridized carbons (Fsp3) is 1.00. The zero-order chi connectivity index (χ0) is 12.8. The van der Waals surface area contributed by atoms with Crippen molar-refractivity contribution in [3.63, 3.8) is 0 Å². The Balaban J connectivity index is 1.78. The first kappa shape index (κ1) is 12.9. The Bertz CT molecular complexity index is 318. The van der Waals surface area contributed by atoms with Crippen LogP contribution >= 0.6 is 0 Å². The third-order valence-electron chi connectivity index (χ3n) is 5.71. The van der Waals surface area contributed by atoms with Gasteiger partial charge in [-0.3, -0.25) is 4.90 Å². The monoisotopic (exact) mass is 252 g/mol. The van der Waals surface area contributed by atoms with Gasteiger partial charge in [-0.1, -0.05) is 0 Å². The summed E-state index contributed by atoms with van der Waals surface area (Å²) in [6.45, 7) is 11.6. The zero-order valence-electron chi connectivity index (χ0n) is 12.2. The van der Waals surface area contributed by atoms with Gasteiger partial charge >= 0.3 is 0 Å². The first-order chi connectivity index (χ1) is 8.55. The van der Waals surface area contributed by atoms with Gasteiger partial charge in [-0.25, -0.2) is 0 Å². The molecule has 0 aromatic rings. The predicted octanol–water partition coefficient (Wildman–Crippen LogP) is 2.02. The molecule has 0 amide bonds. The molecule has 1 N–H and O–H groups in total. The summed E-state index contributed by atoms with van der Waals surface area (Å²) >= 11 is 0. The number of nitrogens with one attached hydrogen (secondary N) is 1. The minimum Gasteiger partial charge on any atom is -0.377 e. The maximum Gasteiger partial charge on any atom is 0.0728 e. The Morgan fingerprint density at radius 1 is 1.28 bits per heavy atom. The summed E-state index contributed by atoms with van der Waals surface area (Å²) in [6, 6.07) is 0. The number of rotatable bonds is 2. The zero-order valence-corrected chi connectivity index (χ0v) is 12.2. The molecule has 0 radical (unpaired) electrons. The van der Waals surface area contributed by atoms with E-state index in [0.717, 1.165) is 12.5 Å². The van der Waals surface area contributed by atoms with E-state index < -0.39 is 0 Å². The van der Waals surface area contributed by atoms with Crippen molar-refractivity contribution in [2.24, 2.45) is 5.92 Å². The Morgan fingerprint density at radius 2 is 2.06 bits per heavy atom. The minimum absolute atomic E-state index is 0.252. The highest BCUT2D eigenvalue weighted by atomic mass is 16.5. The SMILES string of the molecule is CC1OCCC1(C)N1CCCNC(C)(C2CC2)C1. The topological polar surface area (TPSA) is 24.5 Å². The number of nitrogens with zero attached hydrogens (tertiary/aromatic N) is 1. The van der Waals surface area contributed by atoms with Crippen LogP contribution in [0.15, 0.2) is 0 Å². The average molecular weight is 252 g/mol. The van der Waals surface area contributed by atoms with Crippen molar-refractivity contribution >= 4 is 0 Å². The molecule has 1 aliphatic carbocycles. The molecule has 3 fully saturated rings. The van der Waals surface area contributed by atoms with Gasteiger partial charge in [-0.2, -0.15) is 0 Å². The molecule has 2 heterocycles. The maximum absolute atomic E-state index is 5.84. The molecule has 2 saturated heterocycles. The highest BCUT2D eigenvalue weighted by Crippen LogP contribution is 2.42. The van der Waals surface area contributed by atoms with Crippen LogP contribution in [0.5, 0.6) is 0 Å². The molecule has 0 aromatic heterocycles. The van der Waals surface area contributed by atoms with Crippen LogP contribution in [0, 0.1) is 5.92 Å². The van der Waals surface area contributed by atoms with E-state index >= 15 is 0 Å². The fourth-order valence-corrected chi connectivity index (χ4v) is 3.85. The second kappa shape index (κ2) is 4.46. The van der Waals surface area contributed by atoms with Crippen molar-refractivity contribution in [3.05, 3.63) is 0 Å². The van der Waals surface area contributed by atoms with E-state index in [2.05, 4.69) is 31.0 Å². The van der Waals surface area contributed by atoms with Gasteiger partial charge in [0.25, 0.3) is 0 Å². The summed E-state index contributed by atoms with van der Waals surface area (Å²) < 4.78 is 5.84. The second-order valence-corrected chi connectivity index (χ2v) is 7.01. The molecule has 3 heteroatoms. The van der Waals surface area contributed by atoms with E-state index in [0.29, 0.717) is 11.6 Å². The second-order valence-electron chi connectivity index (χ2n) is 7.01. The first-order valence-electron chi connectivity index (χ1n) is 7.66. The van der Waals surface area contributed by atoms with E-state index in [1.807, 2.05) is 0 Å². The Hall–Kier alpha value is -0.120. The summed E-state index contributed by atoms with van der Waals surface area (Å²) in [5, 5.41) is 3.82. The molecule has 3 rings (SSSR count). The molecule has 18 heavy (non-hydrogen) atoms. The van der Waals surface area contributed by atoms with Gasteiger partial charge in [0.05, 0.1) is 6.10 Å². The van der Waals surface area contributed by atoms with Crippen molar-refractivity contribution in [1.82, 2.24) is 10.2 Å². The Kier molecular flexibility index (Phi) is 3.20. The highest BCUT2D eigenvalue weighted by Gasteiger charge is 2.48. The minimum atomic E-state index is 0.252. The maximum atomic E-state index is 5.84. The van der Waals surface area contributed by atoms with Crippen LogP contribution in [0.3, 0.4) is 0 Å². The van der Waals surface area contributed by atoms with Gasteiger partial charge < -0.3 is 10.1 Å². The number of ether oxygens (including phenoxy) is 1. The summed E-state index contributed by atoms with van der Waals surface area (Å²) in [4.78, 5) is 2.73. The third kappa shape index (κ3) is 2.10. The smallest absolute Gasteiger partial charge is 0.0728 e. The van der Waals surface area contributed by atoms with Crippen molar-refractivity contribution in [3.8, 4) is 0 Å². The summed E-state index contributed by atoms with van der Waals surface area (Å²) in [7, 11) is 0. The molecule has 0 aromatic carbocycles. The largest absolute Gasteiger partial charge is 0.377 e. The van der Waals surface area contributed by atoms with E-state index in [1.54, 1.807) is 0 Å². The summed E-state index contributed by atoms with van der Waals surface area (Å²) in [5.74, 6) is 0.902. The van der Waals surface area contributed by atoms with Gasteiger partial charge in [0.1, 0.15) is 0 Å². The molecule has 3 unspecified atom stereocenters. The molecule has 0 bridgehead atoms. The van der Waals surface area contributed by atoms with E-state index in [1.165, 1.54) is 45.3 Å². The van der Waals surface area contributed by atoms with Gasteiger partial charge in [0.15, 0.2) is 0 Å². The lowest BCUT2D eigenvalue weighted by molar-refractivity contribution is 0.0102. The molecule has 3 nitrogen and oxygen atoms in total. The van der Waals surface area contributed by atoms with Crippen molar-refractivity contribution in [2.45, 2.75) is 63.6 Å². The lowest BCUT2D eigenvalue weighted by atomic mass is 9.88. The van der Waals surface area contributed by atoms with E-state index in [9.17, 15) is 0 Å². The third-order valence-corrected chi connectivity index (χ3v) is 5.71. The van der Waals surface area contributed by atoms with Crippen LogP contribution in [0.4, 0.5) is 0 Å².